The van der Waals surface area contributed by atoms with Gasteiger partial charge in [0.2, 0.25) is 5.88 Å². The number of rotatable bonds is 3. The van der Waals surface area contributed by atoms with Gasteiger partial charge in [-0.15, -0.1) is 0 Å². The molecule has 0 spiro atoms. The maximum atomic E-state index is 13.9. The van der Waals surface area contributed by atoms with E-state index in [2.05, 4.69) is 9.72 Å². The molecule has 1 aromatic carbocycles. The van der Waals surface area contributed by atoms with Crippen LogP contribution in [0.4, 0.5) is 4.39 Å². The molecule has 4 nitrogen and oxygen atoms in total. The molecule has 0 unspecified atom stereocenters. The minimum Gasteiger partial charge on any atom is -0.481 e. The Balaban J connectivity index is 2.59. The van der Waals surface area contributed by atoms with Crippen LogP contribution in [0.5, 0.6) is 5.88 Å². The highest BCUT2D eigenvalue weighted by atomic mass is 35.5. The molecule has 0 radical (unpaired) electrons. The second-order valence-corrected chi connectivity index (χ2v) is 4.30. The third kappa shape index (κ3) is 2.72. The van der Waals surface area contributed by atoms with E-state index in [1.807, 2.05) is 0 Å². The number of benzene rings is 1. The number of carbonyl (C=O) groups excluding carboxylic acids is 1. The highest BCUT2D eigenvalue weighted by Crippen LogP contribution is 2.32. The van der Waals surface area contributed by atoms with E-state index in [-0.39, 0.29) is 17.0 Å². The molecule has 0 saturated heterocycles. The lowest BCUT2D eigenvalue weighted by molar-refractivity contribution is 0.0601. The lowest BCUT2D eigenvalue weighted by atomic mass is 10.0. The first-order valence-corrected chi connectivity index (χ1v) is 6.02. The van der Waals surface area contributed by atoms with E-state index in [1.54, 1.807) is 0 Å². The summed E-state index contributed by atoms with van der Waals surface area (Å²) in [6.45, 7) is 0. The summed E-state index contributed by atoms with van der Waals surface area (Å²) >= 11 is 6.07. The highest BCUT2D eigenvalue weighted by molar-refractivity contribution is 6.33. The molecule has 1 heterocycles. The van der Waals surface area contributed by atoms with Crippen molar-refractivity contribution in [2.75, 3.05) is 14.2 Å². The molecule has 0 fully saturated rings. The molecule has 0 aliphatic carbocycles. The van der Waals surface area contributed by atoms with E-state index in [0.29, 0.717) is 10.6 Å². The molecule has 2 aromatic rings. The van der Waals surface area contributed by atoms with Crippen LogP contribution in [0.15, 0.2) is 30.5 Å². The van der Waals surface area contributed by atoms with Crippen molar-refractivity contribution < 1.29 is 18.7 Å². The van der Waals surface area contributed by atoms with Crippen molar-refractivity contribution in [1.82, 2.24) is 4.98 Å². The molecule has 1 aromatic heterocycles. The number of carbonyl (C=O) groups is 1. The van der Waals surface area contributed by atoms with Crippen molar-refractivity contribution in [3.63, 3.8) is 0 Å². The third-order valence-electron chi connectivity index (χ3n) is 2.72. The van der Waals surface area contributed by atoms with Gasteiger partial charge in [0, 0.05) is 22.2 Å². The molecule has 6 heteroatoms. The zero-order chi connectivity index (χ0) is 14.7. The lowest BCUT2D eigenvalue weighted by Crippen LogP contribution is -2.01. The summed E-state index contributed by atoms with van der Waals surface area (Å²) in [5, 5.41) is 0.310. The summed E-state index contributed by atoms with van der Waals surface area (Å²) in [5.74, 6) is -0.833. The normalized spacial score (nSPS) is 10.2. The minimum absolute atomic E-state index is 0.201. The monoisotopic (exact) mass is 295 g/mol. The number of hydrogen-bond donors (Lipinski definition) is 0. The van der Waals surface area contributed by atoms with Crippen LogP contribution in [-0.2, 0) is 4.74 Å². The highest BCUT2D eigenvalue weighted by Gasteiger charge is 2.14. The van der Waals surface area contributed by atoms with Crippen LogP contribution in [0.25, 0.3) is 11.1 Å². The van der Waals surface area contributed by atoms with Gasteiger partial charge in [0.05, 0.1) is 26.0 Å². The molecular weight excluding hydrogens is 285 g/mol. The Labute approximate surface area is 120 Å². The standard InChI is InChI=1S/C14H11ClFNO3/c1-19-13-6-10(12(16)7-17-13)9-5-8(14(18)20-2)3-4-11(9)15/h3-7H,1-2H3. The smallest absolute Gasteiger partial charge is 0.337 e. The first kappa shape index (κ1) is 14.3. The van der Waals surface area contributed by atoms with Crippen LogP contribution < -0.4 is 4.74 Å². The number of methoxy groups -OCH3 is 2. The number of aromatic nitrogens is 1. The molecule has 0 bridgehead atoms. The van der Waals surface area contributed by atoms with Gasteiger partial charge in [0.25, 0.3) is 0 Å². The van der Waals surface area contributed by atoms with Crippen molar-refractivity contribution in [1.29, 1.82) is 0 Å². The Hall–Kier alpha value is -2.14. The number of nitrogens with zero attached hydrogens (tertiary/aromatic N) is 1. The van der Waals surface area contributed by atoms with E-state index in [9.17, 15) is 9.18 Å². The quantitative estimate of drug-likeness (QED) is 0.815. The molecule has 0 amide bonds. The summed E-state index contributed by atoms with van der Waals surface area (Å²) in [7, 11) is 2.70. The molecule has 20 heavy (non-hydrogen) atoms. The Kier molecular flexibility index (Phi) is 4.20. The summed E-state index contributed by atoms with van der Waals surface area (Å²) in [4.78, 5) is 15.3. The Bertz CT molecular complexity index is 661. The van der Waals surface area contributed by atoms with E-state index in [4.69, 9.17) is 16.3 Å². The largest absolute Gasteiger partial charge is 0.481 e. The summed E-state index contributed by atoms with van der Waals surface area (Å²) in [6, 6.07) is 5.90. The van der Waals surface area contributed by atoms with Crippen molar-refractivity contribution in [3.8, 4) is 17.0 Å². The van der Waals surface area contributed by atoms with Gasteiger partial charge in [-0.2, -0.15) is 0 Å². The molecule has 0 saturated carbocycles. The van der Waals surface area contributed by atoms with Crippen LogP contribution in [0.1, 0.15) is 10.4 Å². The second-order valence-electron chi connectivity index (χ2n) is 3.89. The van der Waals surface area contributed by atoms with Gasteiger partial charge in [0.1, 0.15) is 5.82 Å². The fourth-order valence-electron chi connectivity index (χ4n) is 1.71. The van der Waals surface area contributed by atoms with Gasteiger partial charge in [-0.1, -0.05) is 11.6 Å². The zero-order valence-electron chi connectivity index (χ0n) is 10.8. The van der Waals surface area contributed by atoms with Crippen LogP contribution in [-0.4, -0.2) is 25.2 Å². The van der Waals surface area contributed by atoms with Gasteiger partial charge < -0.3 is 9.47 Å². The maximum absolute atomic E-state index is 13.9. The van der Waals surface area contributed by atoms with Crippen molar-refractivity contribution in [2.24, 2.45) is 0 Å². The molecular formula is C14H11ClFNO3. The Morgan fingerprint density at radius 1 is 1.25 bits per heavy atom. The van der Waals surface area contributed by atoms with Gasteiger partial charge in [-0.05, 0) is 18.2 Å². The fraction of sp³-hybridized carbons (Fsp3) is 0.143. The van der Waals surface area contributed by atoms with Crippen molar-refractivity contribution >= 4 is 17.6 Å². The topological polar surface area (TPSA) is 48.4 Å². The molecule has 0 atom stereocenters. The lowest BCUT2D eigenvalue weighted by Gasteiger charge is -2.09. The summed E-state index contributed by atoms with van der Waals surface area (Å²) in [5.41, 5.74) is 0.849. The number of ether oxygens (including phenoxy) is 2. The first-order chi connectivity index (χ1) is 9.56. The maximum Gasteiger partial charge on any atom is 0.337 e. The third-order valence-corrected chi connectivity index (χ3v) is 3.05. The number of halogens is 2. The van der Waals surface area contributed by atoms with Crippen molar-refractivity contribution in [2.45, 2.75) is 0 Å². The van der Waals surface area contributed by atoms with Gasteiger partial charge >= 0.3 is 5.97 Å². The molecule has 104 valence electrons. The second kappa shape index (κ2) is 5.88. The van der Waals surface area contributed by atoms with Crippen LogP contribution in [0, 0.1) is 5.82 Å². The summed E-state index contributed by atoms with van der Waals surface area (Å²) < 4.78 is 23.5. The van der Waals surface area contributed by atoms with Gasteiger partial charge in [-0.3, -0.25) is 0 Å². The molecule has 0 N–H and O–H groups in total. The fourth-order valence-corrected chi connectivity index (χ4v) is 1.93. The minimum atomic E-state index is -0.560. The molecule has 0 aliphatic rings. The predicted molar refractivity (Wildman–Crippen MR) is 72.5 cm³/mol. The Morgan fingerprint density at radius 3 is 2.65 bits per heavy atom. The van der Waals surface area contributed by atoms with Crippen molar-refractivity contribution in [3.05, 3.63) is 46.9 Å². The van der Waals surface area contributed by atoms with Crippen LogP contribution in [0.3, 0.4) is 0 Å². The van der Waals surface area contributed by atoms with E-state index in [1.165, 1.54) is 38.5 Å². The molecule has 2 rings (SSSR count). The van der Waals surface area contributed by atoms with E-state index < -0.39 is 11.8 Å². The number of hydrogen-bond acceptors (Lipinski definition) is 4. The zero-order valence-corrected chi connectivity index (χ0v) is 11.6. The number of esters is 1. The predicted octanol–water partition coefficient (Wildman–Crippen LogP) is 3.34. The Morgan fingerprint density at radius 2 is 2.00 bits per heavy atom. The van der Waals surface area contributed by atoms with Crippen LogP contribution in [0.2, 0.25) is 5.02 Å². The van der Waals surface area contributed by atoms with Crippen LogP contribution >= 0.6 is 11.6 Å². The average molecular weight is 296 g/mol. The van der Waals surface area contributed by atoms with Gasteiger partial charge in [-0.25, -0.2) is 14.2 Å². The van der Waals surface area contributed by atoms with Gasteiger partial charge in [0.15, 0.2) is 0 Å². The molecule has 0 aliphatic heterocycles. The SMILES string of the molecule is COC(=O)c1ccc(Cl)c(-c2cc(OC)ncc2F)c1. The summed E-state index contributed by atoms with van der Waals surface area (Å²) in [6.07, 6.45) is 1.04. The van der Waals surface area contributed by atoms with E-state index >= 15 is 0 Å². The number of pyridine rings is 1. The van der Waals surface area contributed by atoms with E-state index in [0.717, 1.165) is 6.20 Å². The average Bonchev–Trinajstić information content (AvgIpc) is 2.48. The first-order valence-electron chi connectivity index (χ1n) is 5.64.